The highest BCUT2D eigenvalue weighted by molar-refractivity contribution is 5.72. The molecule has 62 valence electrons. The van der Waals surface area contributed by atoms with Gasteiger partial charge in [0.1, 0.15) is 6.10 Å². The minimum atomic E-state index is -0.305. The van der Waals surface area contributed by atoms with Crippen LogP contribution in [-0.2, 0) is 9.53 Å². The standard InChI is InChI=1S/C8H12O3/c9-6-2-1-3-7-5(6)4-8(10)11-7/h5-7,9H,1-4H2/t5?,6-,7?/m1/s1. The summed E-state index contributed by atoms with van der Waals surface area (Å²) in [6, 6.07) is 0. The Morgan fingerprint density at radius 2 is 2.27 bits per heavy atom. The molecular weight excluding hydrogens is 144 g/mol. The monoisotopic (exact) mass is 156 g/mol. The van der Waals surface area contributed by atoms with Crippen molar-refractivity contribution in [1.29, 1.82) is 0 Å². The van der Waals surface area contributed by atoms with Crippen molar-refractivity contribution in [2.24, 2.45) is 5.92 Å². The van der Waals surface area contributed by atoms with Gasteiger partial charge in [-0.1, -0.05) is 0 Å². The lowest BCUT2D eigenvalue weighted by Gasteiger charge is -2.27. The maximum Gasteiger partial charge on any atom is 0.306 e. The second-order valence-electron chi connectivity index (χ2n) is 3.39. The third-order valence-electron chi connectivity index (χ3n) is 2.65. The molecule has 2 unspecified atom stereocenters. The van der Waals surface area contributed by atoms with Gasteiger partial charge in [0, 0.05) is 5.92 Å². The van der Waals surface area contributed by atoms with E-state index in [0.717, 1.165) is 19.3 Å². The first-order valence-corrected chi connectivity index (χ1v) is 4.15. The van der Waals surface area contributed by atoms with Crippen molar-refractivity contribution in [3.05, 3.63) is 0 Å². The van der Waals surface area contributed by atoms with Crippen molar-refractivity contribution >= 4 is 5.97 Å². The summed E-state index contributed by atoms with van der Waals surface area (Å²) in [7, 11) is 0. The average Bonchev–Trinajstić information content (AvgIpc) is 2.31. The van der Waals surface area contributed by atoms with Crippen LogP contribution in [0.1, 0.15) is 25.7 Å². The fourth-order valence-corrected chi connectivity index (χ4v) is 2.03. The first kappa shape index (κ1) is 7.10. The number of aliphatic hydroxyl groups excluding tert-OH is 1. The number of hydrogen-bond acceptors (Lipinski definition) is 3. The first-order chi connectivity index (χ1) is 5.27. The lowest BCUT2D eigenvalue weighted by Crippen LogP contribution is -2.32. The number of hydrogen-bond donors (Lipinski definition) is 1. The summed E-state index contributed by atoms with van der Waals surface area (Å²) in [6.07, 6.45) is 2.89. The molecule has 1 aliphatic heterocycles. The summed E-state index contributed by atoms with van der Waals surface area (Å²) in [6.45, 7) is 0. The predicted molar refractivity (Wildman–Crippen MR) is 37.8 cm³/mol. The normalized spacial score (nSPS) is 43.4. The minimum Gasteiger partial charge on any atom is -0.462 e. The van der Waals surface area contributed by atoms with Crippen molar-refractivity contribution < 1.29 is 14.6 Å². The van der Waals surface area contributed by atoms with Gasteiger partial charge in [0.25, 0.3) is 0 Å². The van der Waals surface area contributed by atoms with Gasteiger partial charge < -0.3 is 9.84 Å². The summed E-state index contributed by atoms with van der Waals surface area (Å²) in [5.74, 6) is -0.0443. The summed E-state index contributed by atoms with van der Waals surface area (Å²) < 4.78 is 5.04. The number of fused-ring (bicyclic) bond motifs is 1. The third kappa shape index (κ3) is 1.13. The molecule has 0 radical (unpaired) electrons. The summed E-state index contributed by atoms with van der Waals surface area (Å²) >= 11 is 0. The summed E-state index contributed by atoms with van der Waals surface area (Å²) in [4.78, 5) is 10.8. The van der Waals surface area contributed by atoms with E-state index in [4.69, 9.17) is 4.74 Å². The molecule has 1 heterocycles. The SMILES string of the molecule is O=C1CC2C(CCC[C@H]2O)O1. The zero-order valence-electron chi connectivity index (χ0n) is 6.32. The molecule has 3 heteroatoms. The third-order valence-corrected chi connectivity index (χ3v) is 2.65. The van der Waals surface area contributed by atoms with E-state index >= 15 is 0 Å². The molecule has 0 aromatic heterocycles. The Morgan fingerprint density at radius 1 is 1.45 bits per heavy atom. The molecule has 3 atom stereocenters. The van der Waals surface area contributed by atoms with Crippen LogP contribution < -0.4 is 0 Å². The Morgan fingerprint density at radius 3 is 3.00 bits per heavy atom. The van der Waals surface area contributed by atoms with E-state index in [-0.39, 0.29) is 24.1 Å². The Kier molecular flexibility index (Phi) is 1.60. The molecule has 0 bridgehead atoms. The Labute approximate surface area is 65.4 Å². The zero-order chi connectivity index (χ0) is 7.84. The van der Waals surface area contributed by atoms with Gasteiger partial charge in [-0.05, 0) is 19.3 Å². The molecule has 1 N–H and O–H groups in total. The second-order valence-corrected chi connectivity index (χ2v) is 3.39. The fourth-order valence-electron chi connectivity index (χ4n) is 2.03. The number of carbonyl (C=O) groups excluding carboxylic acids is 1. The van der Waals surface area contributed by atoms with Crippen LogP contribution in [0.25, 0.3) is 0 Å². The first-order valence-electron chi connectivity index (χ1n) is 4.15. The van der Waals surface area contributed by atoms with E-state index in [0.29, 0.717) is 6.42 Å². The molecule has 3 nitrogen and oxygen atoms in total. The van der Waals surface area contributed by atoms with Crippen LogP contribution in [0.2, 0.25) is 0 Å². The van der Waals surface area contributed by atoms with Crippen molar-refractivity contribution in [3.63, 3.8) is 0 Å². The van der Waals surface area contributed by atoms with E-state index in [1.165, 1.54) is 0 Å². The van der Waals surface area contributed by atoms with Gasteiger partial charge in [0.15, 0.2) is 0 Å². The van der Waals surface area contributed by atoms with Crippen LogP contribution in [0.15, 0.2) is 0 Å². The Hall–Kier alpha value is -0.570. The molecule has 2 rings (SSSR count). The lowest BCUT2D eigenvalue weighted by atomic mass is 9.84. The molecule has 0 aromatic carbocycles. The van der Waals surface area contributed by atoms with Gasteiger partial charge in [0.2, 0.25) is 0 Å². The second kappa shape index (κ2) is 2.48. The highest BCUT2D eigenvalue weighted by Gasteiger charge is 2.41. The molecule has 0 aromatic rings. The quantitative estimate of drug-likeness (QED) is 0.518. The van der Waals surface area contributed by atoms with Crippen LogP contribution >= 0.6 is 0 Å². The van der Waals surface area contributed by atoms with E-state index in [1.54, 1.807) is 0 Å². The molecule has 1 saturated carbocycles. The lowest BCUT2D eigenvalue weighted by molar-refractivity contribution is -0.142. The Bertz CT molecular complexity index is 178. The largest absolute Gasteiger partial charge is 0.462 e. The molecule has 0 spiro atoms. The highest BCUT2D eigenvalue weighted by atomic mass is 16.6. The van der Waals surface area contributed by atoms with Crippen molar-refractivity contribution in [2.45, 2.75) is 37.9 Å². The van der Waals surface area contributed by atoms with E-state index in [2.05, 4.69) is 0 Å². The van der Waals surface area contributed by atoms with E-state index in [9.17, 15) is 9.90 Å². The molecule has 1 aliphatic carbocycles. The molecule has 1 saturated heterocycles. The van der Waals surface area contributed by atoms with E-state index in [1.807, 2.05) is 0 Å². The van der Waals surface area contributed by atoms with Gasteiger partial charge in [-0.2, -0.15) is 0 Å². The van der Waals surface area contributed by atoms with Crippen LogP contribution in [0.3, 0.4) is 0 Å². The fraction of sp³-hybridized carbons (Fsp3) is 0.875. The number of aliphatic hydroxyl groups is 1. The number of esters is 1. The number of rotatable bonds is 0. The van der Waals surface area contributed by atoms with Crippen LogP contribution in [0, 0.1) is 5.92 Å². The average molecular weight is 156 g/mol. The number of carbonyl (C=O) groups is 1. The van der Waals surface area contributed by atoms with Gasteiger partial charge in [-0.15, -0.1) is 0 Å². The summed E-state index contributed by atoms with van der Waals surface area (Å²) in [5, 5.41) is 9.46. The highest BCUT2D eigenvalue weighted by Crippen LogP contribution is 2.34. The maximum atomic E-state index is 10.8. The smallest absolute Gasteiger partial charge is 0.306 e. The van der Waals surface area contributed by atoms with Crippen LogP contribution in [0.5, 0.6) is 0 Å². The van der Waals surface area contributed by atoms with Crippen molar-refractivity contribution in [3.8, 4) is 0 Å². The predicted octanol–water partition coefficient (Wildman–Crippen LogP) is 0.463. The van der Waals surface area contributed by atoms with Gasteiger partial charge in [-0.25, -0.2) is 0 Å². The van der Waals surface area contributed by atoms with Crippen LogP contribution in [0.4, 0.5) is 0 Å². The zero-order valence-corrected chi connectivity index (χ0v) is 6.32. The summed E-state index contributed by atoms with van der Waals surface area (Å²) in [5.41, 5.74) is 0. The molecular formula is C8H12O3. The molecule has 11 heavy (non-hydrogen) atoms. The Balaban J connectivity index is 2.09. The number of ether oxygens (including phenoxy) is 1. The maximum absolute atomic E-state index is 10.8. The minimum absolute atomic E-state index is 0.0197. The molecule has 0 amide bonds. The van der Waals surface area contributed by atoms with Gasteiger partial charge in [-0.3, -0.25) is 4.79 Å². The van der Waals surface area contributed by atoms with E-state index < -0.39 is 0 Å². The molecule has 2 aliphatic rings. The van der Waals surface area contributed by atoms with Crippen molar-refractivity contribution in [1.82, 2.24) is 0 Å². The van der Waals surface area contributed by atoms with Crippen molar-refractivity contribution in [2.75, 3.05) is 0 Å². The van der Waals surface area contributed by atoms with Gasteiger partial charge >= 0.3 is 5.97 Å². The molecule has 2 fully saturated rings. The topological polar surface area (TPSA) is 46.5 Å². The van der Waals surface area contributed by atoms with Gasteiger partial charge in [0.05, 0.1) is 12.5 Å². The van der Waals surface area contributed by atoms with Crippen LogP contribution in [-0.4, -0.2) is 23.3 Å².